The highest BCUT2D eigenvalue weighted by molar-refractivity contribution is 5.97. The Labute approximate surface area is 301 Å². The topological polar surface area (TPSA) is 17.4 Å². The molecule has 51 heavy (non-hydrogen) atoms. The SMILES string of the molecule is C1=CCCC(C2CC=C(n3c4c(c5cc(C6=CC7C8=C(CCC=C8)N(C8=CC=CC9c%10ccccc%10OC89)C7C=C6)ccc53)C=CCC4)CC2)=C1. The number of fused-ring (bicyclic) bond motifs is 8. The van der Waals surface area contributed by atoms with E-state index in [9.17, 15) is 0 Å². The molecule has 5 unspecified atom stereocenters. The van der Waals surface area contributed by atoms with Crippen LogP contribution in [0.1, 0.15) is 79.7 Å². The second-order valence-electron chi connectivity index (χ2n) is 15.5. The van der Waals surface area contributed by atoms with Crippen molar-refractivity contribution in [2.24, 2.45) is 11.8 Å². The minimum absolute atomic E-state index is 0.0157. The molecule has 3 nitrogen and oxygen atoms in total. The van der Waals surface area contributed by atoms with Crippen molar-refractivity contribution in [2.75, 3.05) is 0 Å². The highest BCUT2D eigenvalue weighted by atomic mass is 16.5. The molecule has 0 N–H and O–H groups in total. The number of aromatic nitrogens is 1. The van der Waals surface area contributed by atoms with Crippen LogP contribution in [0.15, 0.2) is 144 Å². The summed E-state index contributed by atoms with van der Waals surface area (Å²) in [5, 5.41) is 1.40. The van der Waals surface area contributed by atoms with Crippen LogP contribution in [-0.2, 0) is 6.42 Å². The summed E-state index contributed by atoms with van der Waals surface area (Å²) in [7, 11) is 0. The third kappa shape index (κ3) is 4.63. The molecule has 0 amide bonds. The van der Waals surface area contributed by atoms with E-state index < -0.39 is 0 Å². The van der Waals surface area contributed by atoms with E-state index >= 15 is 0 Å². The van der Waals surface area contributed by atoms with E-state index in [1.807, 2.05) is 0 Å². The third-order valence-electron chi connectivity index (χ3n) is 12.9. The van der Waals surface area contributed by atoms with E-state index in [-0.39, 0.29) is 18.1 Å². The predicted octanol–water partition coefficient (Wildman–Crippen LogP) is 11.4. The van der Waals surface area contributed by atoms with Gasteiger partial charge in [0.1, 0.15) is 11.9 Å². The first-order chi connectivity index (χ1) is 25.3. The number of rotatable bonds is 4. The van der Waals surface area contributed by atoms with Gasteiger partial charge in [-0.25, -0.2) is 0 Å². The maximum absolute atomic E-state index is 6.69. The number of hydrogen-bond acceptors (Lipinski definition) is 2. The third-order valence-corrected chi connectivity index (χ3v) is 12.9. The molecule has 0 bridgehead atoms. The molecule has 5 atom stereocenters. The summed E-state index contributed by atoms with van der Waals surface area (Å²) in [6, 6.07) is 16.1. The van der Waals surface area contributed by atoms with Gasteiger partial charge in [-0.3, -0.25) is 0 Å². The van der Waals surface area contributed by atoms with Crippen molar-refractivity contribution in [2.45, 2.75) is 75.9 Å². The standard InChI is InChI=1S/C48H44N2O/c1-2-11-31(12-3-1)32-21-25-35(26-22-32)49-42-17-7-4-13-36(42)40-29-33(23-27-44(40)49)34-24-28-45-41(30-34)37-14-5-8-18-43(37)50(45)46-19-10-16-39-38-15-6-9-20-47(38)51-48(39)46/h1-2,4-6,9-11,13-16,19-20,23-25,27-30,32,39,41,45,48H,3,7-8,12,17-18,21-22,26H2. The lowest BCUT2D eigenvalue weighted by atomic mass is 9.82. The predicted molar refractivity (Wildman–Crippen MR) is 210 cm³/mol. The van der Waals surface area contributed by atoms with E-state index in [0.717, 1.165) is 44.3 Å². The van der Waals surface area contributed by atoms with Gasteiger partial charge in [0.15, 0.2) is 0 Å². The average molecular weight is 665 g/mol. The van der Waals surface area contributed by atoms with Crippen LogP contribution in [0.4, 0.5) is 0 Å². The van der Waals surface area contributed by atoms with Crippen molar-refractivity contribution in [3.05, 3.63) is 166 Å². The number of allylic oxidation sites excluding steroid dienone is 14. The van der Waals surface area contributed by atoms with E-state index in [0.29, 0.717) is 11.8 Å². The van der Waals surface area contributed by atoms with Gasteiger partial charge in [-0.1, -0.05) is 109 Å². The Hall–Kier alpha value is -5.02. The summed E-state index contributed by atoms with van der Waals surface area (Å²) < 4.78 is 9.34. The summed E-state index contributed by atoms with van der Waals surface area (Å²) in [6.45, 7) is 0. The van der Waals surface area contributed by atoms with Gasteiger partial charge < -0.3 is 14.2 Å². The molecule has 3 heteroatoms. The zero-order valence-corrected chi connectivity index (χ0v) is 29.2. The molecule has 3 heterocycles. The van der Waals surface area contributed by atoms with Crippen LogP contribution in [0.25, 0.3) is 28.2 Å². The Morgan fingerprint density at radius 1 is 0.784 bits per heavy atom. The lowest BCUT2D eigenvalue weighted by Gasteiger charge is -2.37. The zero-order valence-electron chi connectivity index (χ0n) is 29.2. The van der Waals surface area contributed by atoms with E-state index in [4.69, 9.17) is 4.74 Å². The average Bonchev–Trinajstić information content (AvgIpc) is 3.86. The monoisotopic (exact) mass is 664 g/mol. The normalized spacial score (nSPS) is 28.4. The van der Waals surface area contributed by atoms with Crippen LogP contribution in [-0.4, -0.2) is 21.6 Å². The lowest BCUT2D eigenvalue weighted by Crippen LogP contribution is -2.39. The molecule has 3 aromatic rings. The molecule has 0 saturated heterocycles. The maximum atomic E-state index is 6.69. The van der Waals surface area contributed by atoms with Crippen molar-refractivity contribution in [3.63, 3.8) is 0 Å². The fourth-order valence-electron chi connectivity index (χ4n) is 10.4. The van der Waals surface area contributed by atoms with Crippen molar-refractivity contribution in [3.8, 4) is 5.75 Å². The molecule has 2 aliphatic heterocycles. The molecular formula is C48H44N2O. The largest absolute Gasteiger partial charge is 0.483 e. The molecule has 0 saturated carbocycles. The smallest absolute Gasteiger partial charge is 0.149 e. The van der Waals surface area contributed by atoms with Crippen molar-refractivity contribution >= 4 is 28.2 Å². The molecular weight excluding hydrogens is 621 g/mol. The van der Waals surface area contributed by atoms with Gasteiger partial charge in [-0.05, 0) is 105 Å². The molecule has 0 spiro atoms. The van der Waals surface area contributed by atoms with Crippen LogP contribution in [0.2, 0.25) is 0 Å². The Balaban J connectivity index is 0.933. The van der Waals surface area contributed by atoms with Crippen molar-refractivity contribution < 1.29 is 4.74 Å². The van der Waals surface area contributed by atoms with Crippen LogP contribution < -0.4 is 4.74 Å². The fraction of sp³-hybridized carbons (Fsp3) is 0.292. The lowest BCUT2D eigenvalue weighted by molar-refractivity contribution is 0.198. The molecule has 0 radical (unpaired) electrons. The summed E-state index contributed by atoms with van der Waals surface area (Å²) in [6.07, 6.45) is 43.8. The van der Waals surface area contributed by atoms with E-state index in [2.05, 4.69) is 137 Å². The molecule has 252 valence electrons. The molecule has 0 fully saturated rings. The zero-order chi connectivity index (χ0) is 33.5. The van der Waals surface area contributed by atoms with Crippen LogP contribution >= 0.6 is 0 Å². The van der Waals surface area contributed by atoms with E-state index in [1.165, 1.54) is 80.8 Å². The van der Waals surface area contributed by atoms with Crippen LogP contribution in [0, 0.1) is 11.8 Å². The fourth-order valence-corrected chi connectivity index (χ4v) is 10.4. The number of para-hydroxylation sites is 1. The van der Waals surface area contributed by atoms with Crippen LogP contribution in [0.5, 0.6) is 5.75 Å². The van der Waals surface area contributed by atoms with Gasteiger partial charge in [0, 0.05) is 45.4 Å². The van der Waals surface area contributed by atoms with Gasteiger partial charge in [0.25, 0.3) is 0 Å². The highest BCUT2D eigenvalue weighted by Crippen LogP contribution is 2.51. The second kappa shape index (κ2) is 11.8. The van der Waals surface area contributed by atoms with Gasteiger partial charge in [-0.15, -0.1) is 0 Å². The Bertz CT molecular complexity index is 2310. The maximum Gasteiger partial charge on any atom is 0.149 e. The van der Waals surface area contributed by atoms with E-state index in [1.54, 1.807) is 5.57 Å². The number of benzene rings is 2. The first kappa shape index (κ1) is 29.7. The minimum Gasteiger partial charge on any atom is -0.483 e. The number of hydrogen-bond donors (Lipinski definition) is 0. The molecule has 1 aromatic heterocycles. The first-order valence-electron chi connectivity index (χ1n) is 19.4. The molecule has 2 aromatic carbocycles. The highest BCUT2D eigenvalue weighted by Gasteiger charge is 2.46. The first-order valence-corrected chi connectivity index (χ1v) is 19.4. The Morgan fingerprint density at radius 3 is 2.63 bits per heavy atom. The Morgan fingerprint density at radius 2 is 1.71 bits per heavy atom. The van der Waals surface area contributed by atoms with Crippen molar-refractivity contribution in [1.29, 1.82) is 0 Å². The summed E-state index contributed by atoms with van der Waals surface area (Å²) >= 11 is 0. The minimum atomic E-state index is 0.0157. The number of ether oxygens (including phenoxy) is 1. The molecule has 11 rings (SSSR count). The van der Waals surface area contributed by atoms with Crippen molar-refractivity contribution in [1.82, 2.24) is 9.47 Å². The van der Waals surface area contributed by atoms with Gasteiger partial charge in [0.2, 0.25) is 0 Å². The summed E-state index contributed by atoms with van der Waals surface area (Å²) in [5.74, 6) is 2.31. The second-order valence-corrected chi connectivity index (χ2v) is 15.5. The van der Waals surface area contributed by atoms with Gasteiger partial charge in [-0.2, -0.15) is 0 Å². The summed E-state index contributed by atoms with van der Waals surface area (Å²) in [5.41, 5.74) is 15.7. The number of nitrogens with zero attached hydrogens (tertiary/aromatic N) is 2. The van der Waals surface area contributed by atoms with Gasteiger partial charge >= 0.3 is 0 Å². The molecule has 8 aliphatic rings. The van der Waals surface area contributed by atoms with Gasteiger partial charge in [0.05, 0.1) is 17.3 Å². The molecule has 6 aliphatic carbocycles. The summed E-state index contributed by atoms with van der Waals surface area (Å²) in [4.78, 5) is 2.65. The Kier molecular flexibility index (Phi) is 6.85. The van der Waals surface area contributed by atoms with Crippen LogP contribution in [0.3, 0.4) is 0 Å². The quantitative estimate of drug-likeness (QED) is 0.276.